The Bertz CT molecular complexity index is 427. The second kappa shape index (κ2) is 6.39. The monoisotopic (exact) mass is 245 g/mol. The number of nitrogens with zero attached hydrogens (tertiary/aromatic N) is 2. The van der Waals surface area contributed by atoms with E-state index in [2.05, 4.69) is 16.3 Å². The number of rotatable bonds is 3. The van der Waals surface area contributed by atoms with Crippen LogP contribution < -0.4 is 10.2 Å². The van der Waals surface area contributed by atoms with Crippen LogP contribution in [0.5, 0.6) is 0 Å². The van der Waals surface area contributed by atoms with Crippen molar-refractivity contribution in [2.24, 2.45) is 0 Å². The summed E-state index contributed by atoms with van der Waals surface area (Å²) in [7, 11) is 0. The van der Waals surface area contributed by atoms with E-state index < -0.39 is 0 Å². The number of aliphatic hydroxyl groups is 1. The van der Waals surface area contributed by atoms with Gasteiger partial charge in [0.1, 0.15) is 0 Å². The van der Waals surface area contributed by atoms with E-state index in [0.717, 1.165) is 38.2 Å². The van der Waals surface area contributed by atoms with Crippen molar-refractivity contribution in [2.75, 3.05) is 31.1 Å². The molecule has 18 heavy (non-hydrogen) atoms. The first-order chi connectivity index (χ1) is 8.83. The summed E-state index contributed by atoms with van der Waals surface area (Å²) < 4.78 is 0. The van der Waals surface area contributed by atoms with Crippen LogP contribution in [0.15, 0.2) is 24.3 Å². The predicted octanol–water partition coefficient (Wildman–Crippen LogP) is 1.11. The van der Waals surface area contributed by atoms with Crippen molar-refractivity contribution in [3.05, 3.63) is 29.8 Å². The molecule has 2 N–H and O–H groups in total. The second-order valence-corrected chi connectivity index (χ2v) is 4.63. The quantitative estimate of drug-likeness (QED) is 0.837. The van der Waals surface area contributed by atoms with Gasteiger partial charge in [-0.15, -0.1) is 0 Å². The second-order valence-electron chi connectivity index (χ2n) is 4.63. The Kier molecular flexibility index (Phi) is 4.57. The van der Waals surface area contributed by atoms with Gasteiger partial charge in [0.2, 0.25) is 0 Å². The molecule has 1 atom stereocenters. The summed E-state index contributed by atoms with van der Waals surface area (Å²) in [5.41, 5.74) is 1.80. The Morgan fingerprint density at radius 3 is 3.17 bits per heavy atom. The summed E-state index contributed by atoms with van der Waals surface area (Å²) in [6, 6.07) is 10.2. The van der Waals surface area contributed by atoms with Crippen LogP contribution in [0.1, 0.15) is 18.4 Å². The Labute approximate surface area is 108 Å². The highest BCUT2D eigenvalue weighted by Crippen LogP contribution is 2.18. The molecule has 4 heteroatoms. The summed E-state index contributed by atoms with van der Waals surface area (Å²) in [5, 5.41) is 21.4. The molecule has 1 aliphatic heterocycles. The summed E-state index contributed by atoms with van der Waals surface area (Å²) >= 11 is 0. The molecule has 1 aliphatic rings. The van der Waals surface area contributed by atoms with Crippen LogP contribution in [-0.2, 0) is 0 Å². The molecule has 0 aromatic heterocycles. The first kappa shape index (κ1) is 12.9. The smallest absolute Gasteiger partial charge is 0.0992 e. The lowest BCUT2D eigenvalue weighted by Crippen LogP contribution is -2.38. The number of hydrogen-bond donors (Lipinski definition) is 2. The first-order valence-corrected chi connectivity index (χ1v) is 6.43. The Morgan fingerprint density at radius 2 is 2.39 bits per heavy atom. The normalized spacial score (nSPS) is 20.2. The largest absolute Gasteiger partial charge is 0.396 e. The van der Waals surface area contributed by atoms with Gasteiger partial charge >= 0.3 is 0 Å². The molecule has 0 radical (unpaired) electrons. The van der Waals surface area contributed by atoms with Gasteiger partial charge in [-0.2, -0.15) is 5.26 Å². The Balaban J connectivity index is 2.12. The third-order valence-electron chi connectivity index (χ3n) is 3.30. The maximum Gasteiger partial charge on any atom is 0.0992 e. The van der Waals surface area contributed by atoms with E-state index in [9.17, 15) is 0 Å². The molecule has 1 saturated heterocycles. The van der Waals surface area contributed by atoms with Crippen molar-refractivity contribution in [1.82, 2.24) is 5.32 Å². The molecule has 0 spiro atoms. The predicted molar refractivity (Wildman–Crippen MR) is 71.5 cm³/mol. The molecule has 0 amide bonds. The number of nitriles is 1. The Morgan fingerprint density at radius 1 is 1.50 bits per heavy atom. The lowest BCUT2D eigenvalue weighted by Gasteiger charge is -2.26. The van der Waals surface area contributed by atoms with Gasteiger partial charge in [0, 0.05) is 31.4 Å². The van der Waals surface area contributed by atoms with E-state index in [1.807, 2.05) is 24.3 Å². The van der Waals surface area contributed by atoms with Gasteiger partial charge in [0.25, 0.3) is 0 Å². The highest BCUT2D eigenvalue weighted by molar-refractivity contribution is 5.51. The lowest BCUT2D eigenvalue weighted by atomic mass is 10.1. The third-order valence-corrected chi connectivity index (χ3v) is 3.30. The molecule has 0 bridgehead atoms. The van der Waals surface area contributed by atoms with Crippen LogP contribution >= 0.6 is 0 Å². The van der Waals surface area contributed by atoms with E-state index in [0.29, 0.717) is 11.6 Å². The van der Waals surface area contributed by atoms with Crippen LogP contribution in [0.25, 0.3) is 0 Å². The summed E-state index contributed by atoms with van der Waals surface area (Å²) in [6.07, 6.45) is 1.85. The van der Waals surface area contributed by atoms with E-state index in [-0.39, 0.29) is 6.61 Å². The zero-order chi connectivity index (χ0) is 12.8. The maximum absolute atomic E-state index is 9.05. The molecule has 1 aromatic rings. The highest BCUT2D eigenvalue weighted by atomic mass is 16.3. The SMILES string of the molecule is N#Cc1cccc(N2CCCNC(CCO)C2)c1. The van der Waals surface area contributed by atoms with Gasteiger partial charge in [-0.05, 0) is 37.6 Å². The molecule has 1 heterocycles. The van der Waals surface area contributed by atoms with Crippen LogP contribution in [0.3, 0.4) is 0 Å². The van der Waals surface area contributed by atoms with Gasteiger partial charge in [-0.3, -0.25) is 0 Å². The van der Waals surface area contributed by atoms with Crippen molar-refractivity contribution in [3.8, 4) is 6.07 Å². The fourth-order valence-electron chi connectivity index (χ4n) is 2.35. The molecule has 1 fully saturated rings. The molecule has 0 aliphatic carbocycles. The molecule has 2 rings (SSSR count). The minimum absolute atomic E-state index is 0.212. The molecular weight excluding hydrogens is 226 g/mol. The first-order valence-electron chi connectivity index (χ1n) is 6.43. The highest BCUT2D eigenvalue weighted by Gasteiger charge is 2.17. The number of nitrogens with one attached hydrogen (secondary N) is 1. The average Bonchev–Trinajstić information content (AvgIpc) is 2.65. The van der Waals surface area contributed by atoms with E-state index in [1.54, 1.807) is 0 Å². The van der Waals surface area contributed by atoms with Crippen molar-refractivity contribution in [1.29, 1.82) is 5.26 Å². The number of anilines is 1. The molecule has 1 unspecified atom stereocenters. The van der Waals surface area contributed by atoms with Gasteiger partial charge in [0.15, 0.2) is 0 Å². The number of hydrogen-bond acceptors (Lipinski definition) is 4. The lowest BCUT2D eigenvalue weighted by molar-refractivity contribution is 0.267. The van der Waals surface area contributed by atoms with E-state index >= 15 is 0 Å². The zero-order valence-electron chi connectivity index (χ0n) is 10.5. The van der Waals surface area contributed by atoms with Crippen LogP contribution in [0.4, 0.5) is 5.69 Å². The van der Waals surface area contributed by atoms with Gasteiger partial charge in [-0.1, -0.05) is 6.07 Å². The van der Waals surface area contributed by atoms with Crippen LogP contribution in [-0.4, -0.2) is 37.4 Å². The molecule has 0 saturated carbocycles. The van der Waals surface area contributed by atoms with Crippen molar-refractivity contribution >= 4 is 5.69 Å². The minimum Gasteiger partial charge on any atom is -0.396 e. The molecule has 4 nitrogen and oxygen atoms in total. The van der Waals surface area contributed by atoms with Gasteiger partial charge < -0.3 is 15.3 Å². The standard InChI is InChI=1S/C14H19N3O/c15-10-12-3-1-4-14(9-12)17-7-2-6-16-13(11-17)5-8-18/h1,3-4,9,13,16,18H,2,5-8,11H2. The zero-order valence-corrected chi connectivity index (χ0v) is 10.5. The number of benzene rings is 1. The van der Waals surface area contributed by atoms with E-state index in [4.69, 9.17) is 10.4 Å². The maximum atomic E-state index is 9.05. The molecule has 1 aromatic carbocycles. The van der Waals surface area contributed by atoms with Gasteiger partial charge in [-0.25, -0.2) is 0 Å². The fourth-order valence-corrected chi connectivity index (χ4v) is 2.35. The molecule has 96 valence electrons. The van der Waals surface area contributed by atoms with Gasteiger partial charge in [0.05, 0.1) is 11.6 Å². The summed E-state index contributed by atoms with van der Waals surface area (Å²) in [5.74, 6) is 0. The van der Waals surface area contributed by atoms with E-state index in [1.165, 1.54) is 0 Å². The summed E-state index contributed by atoms with van der Waals surface area (Å²) in [4.78, 5) is 2.29. The fraction of sp³-hybridized carbons (Fsp3) is 0.500. The van der Waals surface area contributed by atoms with Crippen molar-refractivity contribution in [2.45, 2.75) is 18.9 Å². The summed E-state index contributed by atoms with van der Waals surface area (Å²) in [6.45, 7) is 3.07. The minimum atomic E-state index is 0.212. The van der Waals surface area contributed by atoms with Crippen molar-refractivity contribution in [3.63, 3.8) is 0 Å². The third kappa shape index (κ3) is 3.22. The van der Waals surface area contributed by atoms with Crippen LogP contribution in [0.2, 0.25) is 0 Å². The average molecular weight is 245 g/mol. The number of aliphatic hydroxyl groups excluding tert-OH is 1. The van der Waals surface area contributed by atoms with Crippen LogP contribution in [0, 0.1) is 11.3 Å². The molecular formula is C14H19N3O. The van der Waals surface area contributed by atoms with Crippen molar-refractivity contribution < 1.29 is 5.11 Å². The Hall–Kier alpha value is -1.57. The topological polar surface area (TPSA) is 59.3 Å².